The van der Waals surface area contributed by atoms with Crippen LogP contribution in [0.5, 0.6) is 11.5 Å². The molecule has 5 nitrogen and oxygen atoms in total. The minimum atomic E-state index is 0.642. The van der Waals surface area contributed by atoms with Gasteiger partial charge in [0.25, 0.3) is 0 Å². The van der Waals surface area contributed by atoms with Gasteiger partial charge in [0.2, 0.25) is 5.13 Å². The highest BCUT2D eigenvalue weighted by Crippen LogP contribution is 2.35. The minimum Gasteiger partial charge on any atom is -0.493 e. The number of halogens is 1. The molecule has 0 spiro atoms. The zero-order chi connectivity index (χ0) is 16.2. The first kappa shape index (κ1) is 15.8. The summed E-state index contributed by atoms with van der Waals surface area (Å²) in [6, 6.07) is 11.7. The van der Waals surface area contributed by atoms with Gasteiger partial charge in [-0.2, -0.15) is 5.10 Å². The highest BCUT2D eigenvalue weighted by atomic mass is 79.9. The van der Waals surface area contributed by atoms with Crippen molar-refractivity contribution in [2.75, 3.05) is 19.6 Å². The van der Waals surface area contributed by atoms with Gasteiger partial charge in [0.05, 0.1) is 35.1 Å². The molecule has 0 radical (unpaired) electrons. The lowest BCUT2D eigenvalue weighted by molar-refractivity contribution is 0.353. The van der Waals surface area contributed by atoms with E-state index in [0.29, 0.717) is 11.5 Å². The molecule has 3 rings (SSSR count). The number of benzene rings is 2. The lowest BCUT2D eigenvalue weighted by atomic mass is 10.2. The summed E-state index contributed by atoms with van der Waals surface area (Å²) in [5.41, 5.74) is 4.80. The molecule has 1 N–H and O–H groups in total. The molecule has 118 valence electrons. The number of thiazole rings is 1. The van der Waals surface area contributed by atoms with Gasteiger partial charge in [0.15, 0.2) is 11.5 Å². The number of aromatic nitrogens is 1. The predicted molar refractivity (Wildman–Crippen MR) is 98.1 cm³/mol. The lowest BCUT2D eigenvalue weighted by Gasteiger charge is -2.10. The first-order valence-corrected chi connectivity index (χ1v) is 8.38. The molecule has 0 amide bonds. The summed E-state index contributed by atoms with van der Waals surface area (Å²) in [6.07, 6.45) is 1.71. The zero-order valence-electron chi connectivity index (χ0n) is 12.5. The third-order valence-electron chi connectivity index (χ3n) is 3.12. The van der Waals surface area contributed by atoms with Crippen LogP contribution in [0, 0.1) is 0 Å². The second-order valence-corrected chi connectivity index (χ2v) is 6.48. The van der Waals surface area contributed by atoms with E-state index in [4.69, 9.17) is 9.47 Å². The summed E-state index contributed by atoms with van der Waals surface area (Å²) in [5, 5.41) is 4.99. The lowest BCUT2D eigenvalue weighted by Crippen LogP contribution is -1.95. The molecule has 0 aliphatic carbocycles. The second kappa shape index (κ2) is 6.97. The number of anilines is 1. The van der Waals surface area contributed by atoms with E-state index in [2.05, 4.69) is 31.4 Å². The third kappa shape index (κ3) is 3.46. The number of hydrazone groups is 1. The SMILES string of the molecule is COc1cc(/C=N/Nc2nc3ccccc3s2)cc(Br)c1OC. The van der Waals surface area contributed by atoms with Gasteiger partial charge >= 0.3 is 0 Å². The van der Waals surface area contributed by atoms with E-state index in [1.165, 1.54) is 0 Å². The van der Waals surface area contributed by atoms with Crippen molar-refractivity contribution in [3.8, 4) is 11.5 Å². The van der Waals surface area contributed by atoms with Gasteiger partial charge in [-0.3, -0.25) is 5.43 Å². The number of nitrogens with one attached hydrogen (secondary N) is 1. The number of hydrogen-bond donors (Lipinski definition) is 1. The average molecular weight is 392 g/mol. The topological polar surface area (TPSA) is 55.7 Å². The molecule has 0 saturated heterocycles. The highest BCUT2D eigenvalue weighted by Gasteiger charge is 2.09. The standard InChI is InChI=1S/C16H14BrN3O2S/c1-21-13-8-10(7-11(17)15(13)22-2)9-18-20-16-19-12-5-3-4-6-14(12)23-16/h3-9H,1-2H3,(H,19,20)/b18-9+. The van der Waals surface area contributed by atoms with E-state index in [9.17, 15) is 0 Å². The van der Waals surface area contributed by atoms with Crippen molar-refractivity contribution in [3.05, 3.63) is 46.4 Å². The molecule has 1 heterocycles. The third-order valence-corrected chi connectivity index (χ3v) is 4.65. The Kier molecular flexibility index (Phi) is 4.78. The maximum absolute atomic E-state index is 5.31. The Morgan fingerprint density at radius 1 is 1.22 bits per heavy atom. The average Bonchev–Trinajstić information content (AvgIpc) is 2.97. The normalized spacial score (nSPS) is 11.1. The van der Waals surface area contributed by atoms with Crippen LogP contribution in [0.25, 0.3) is 10.2 Å². The molecular formula is C16H14BrN3O2S. The van der Waals surface area contributed by atoms with Gasteiger partial charge in [0, 0.05) is 0 Å². The van der Waals surface area contributed by atoms with Crippen LogP contribution in [0.3, 0.4) is 0 Å². The van der Waals surface area contributed by atoms with Crippen molar-refractivity contribution in [2.24, 2.45) is 5.10 Å². The maximum Gasteiger partial charge on any atom is 0.204 e. The molecule has 3 aromatic rings. The van der Waals surface area contributed by atoms with E-state index < -0.39 is 0 Å². The molecule has 0 saturated carbocycles. The van der Waals surface area contributed by atoms with E-state index in [1.807, 2.05) is 36.4 Å². The maximum atomic E-state index is 5.31. The molecule has 0 atom stereocenters. The first-order chi connectivity index (χ1) is 11.2. The predicted octanol–water partition coefficient (Wildman–Crippen LogP) is 4.52. The van der Waals surface area contributed by atoms with Crippen LogP contribution in [0.1, 0.15) is 5.56 Å². The number of methoxy groups -OCH3 is 2. The summed E-state index contributed by atoms with van der Waals surface area (Å²) < 4.78 is 12.5. The Balaban J connectivity index is 1.78. The Hall–Kier alpha value is -2.12. The molecule has 0 bridgehead atoms. The van der Waals surface area contributed by atoms with Crippen LogP contribution in [0.15, 0.2) is 46.0 Å². The van der Waals surface area contributed by atoms with Crippen LogP contribution in [-0.4, -0.2) is 25.4 Å². The van der Waals surface area contributed by atoms with Crippen molar-refractivity contribution in [3.63, 3.8) is 0 Å². The van der Waals surface area contributed by atoms with Crippen molar-refractivity contribution in [2.45, 2.75) is 0 Å². The smallest absolute Gasteiger partial charge is 0.204 e. The summed E-state index contributed by atoms with van der Waals surface area (Å²) in [4.78, 5) is 4.46. The van der Waals surface area contributed by atoms with Gasteiger partial charge < -0.3 is 9.47 Å². The summed E-state index contributed by atoms with van der Waals surface area (Å²) in [7, 11) is 3.20. The molecule has 23 heavy (non-hydrogen) atoms. The number of fused-ring (bicyclic) bond motifs is 1. The second-order valence-electron chi connectivity index (χ2n) is 4.59. The van der Waals surface area contributed by atoms with Crippen LogP contribution in [-0.2, 0) is 0 Å². The van der Waals surface area contributed by atoms with Crippen molar-refractivity contribution in [1.82, 2.24) is 4.98 Å². The van der Waals surface area contributed by atoms with Crippen molar-refractivity contribution in [1.29, 1.82) is 0 Å². The number of hydrogen-bond acceptors (Lipinski definition) is 6. The minimum absolute atomic E-state index is 0.642. The Morgan fingerprint density at radius 3 is 2.78 bits per heavy atom. The molecule has 0 unspecified atom stereocenters. The van der Waals surface area contributed by atoms with E-state index in [1.54, 1.807) is 31.8 Å². The highest BCUT2D eigenvalue weighted by molar-refractivity contribution is 9.10. The largest absolute Gasteiger partial charge is 0.493 e. The van der Waals surface area contributed by atoms with Gasteiger partial charge in [-0.25, -0.2) is 4.98 Å². The van der Waals surface area contributed by atoms with Gasteiger partial charge in [-0.05, 0) is 45.8 Å². The quantitative estimate of drug-likeness (QED) is 0.512. The monoisotopic (exact) mass is 391 g/mol. The molecular weight excluding hydrogens is 378 g/mol. The fraction of sp³-hybridized carbons (Fsp3) is 0.125. The zero-order valence-corrected chi connectivity index (χ0v) is 14.9. The summed E-state index contributed by atoms with van der Waals surface area (Å²) in [6.45, 7) is 0. The Morgan fingerprint density at radius 2 is 2.04 bits per heavy atom. The molecule has 0 aliphatic rings. The Labute approximate surface area is 146 Å². The number of nitrogens with zero attached hydrogens (tertiary/aromatic N) is 2. The van der Waals surface area contributed by atoms with Gasteiger partial charge in [0.1, 0.15) is 0 Å². The summed E-state index contributed by atoms with van der Waals surface area (Å²) >= 11 is 5.02. The van der Waals surface area contributed by atoms with Crippen LogP contribution in [0.2, 0.25) is 0 Å². The molecule has 2 aromatic carbocycles. The molecule has 0 fully saturated rings. The van der Waals surface area contributed by atoms with Crippen molar-refractivity contribution >= 4 is 48.8 Å². The molecule has 7 heteroatoms. The fourth-order valence-corrected chi connectivity index (χ4v) is 3.53. The molecule has 0 aliphatic heterocycles. The van der Waals surface area contributed by atoms with E-state index in [-0.39, 0.29) is 0 Å². The van der Waals surface area contributed by atoms with Crippen LogP contribution in [0.4, 0.5) is 5.13 Å². The van der Waals surface area contributed by atoms with Crippen molar-refractivity contribution < 1.29 is 9.47 Å². The number of para-hydroxylation sites is 1. The van der Waals surface area contributed by atoms with Crippen LogP contribution < -0.4 is 14.9 Å². The molecule has 1 aromatic heterocycles. The number of ether oxygens (including phenoxy) is 2. The number of rotatable bonds is 5. The van der Waals surface area contributed by atoms with E-state index in [0.717, 1.165) is 25.4 Å². The van der Waals surface area contributed by atoms with Gasteiger partial charge in [-0.1, -0.05) is 23.5 Å². The Bertz CT molecular complexity index is 831. The first-order valence-electron chi connectivity index (χ1n) is 6.77. The van der Waals surface area contributed by atoms with E-state index >= 15 is 0 Å². The fourth-order valence-electron chi connectivity index (χ4n) is 2.09. The van der Waals surface area contributed by atoms with Crippen LogP contribution >= 0.6 is 27.3 Å². The van der Waals surface area contributed by atoms with Gasteiger partial charge in [-0.15, -0.1) is 0 Å². The summed E-state index contributed by atoms with van der Waals surface area (Å²) in [5.74, 6) is 1.30.